The third kappa shape index (κ3) is 15.9. The number of amides is 4. The number of hydrogen-bond acceptors (Lipinski definition) is 6. The smallest absolute Gasteiger partial charge is 0.230 e. The number of alkyl halides is 4. The number of hydrogen-bond donors (Lipinski definition) is 0. The number of ether oxygens (including phenoxy) is 2. The largest absolute Gasteiger partial charge is 0.496 e. The summed E-state index contributed by atoms with van der Waals surface area (Å²) in [6, 6.07) is 48.6. The Morgan fingerprint density at radius 1 is 0.396 bits per heavy atom. The van der Waals surface area contributed by atoms with Crippen molar-refractivity contribution in [3.63, 3.8) is 0 Å². The number of likely N-dealkylation sites (N-methyl/N-ethyl adjacent to an activating group) is 4. The summed E-state index contributed by atoms with van der Waals surface area (Å²) in [5.74, 6) is 1.53. The number of nitrogens with zero attached hydrogens (tertiary/aromatic N) is 8. The third-order valence-electron chi connectivity index (χ3n) is 22.6. The molecule has 4 aromatic heterocycles. The zero-order chi connectivity index (χ0) is 75.3. The molecule has 6 aromatic carbocycles. The second kappa shape index (κ2) is 35.8. The van der Waals surface area contributed by atoms with Crippen LogP contribution in [0.3, 0.4) is 0 Å². The van der Waals surface area contributed by atoms with Crippen molar-refractivity contribution in [3.8, 4) is 11.5 Å². The van der Waals surface area contributed by atoms with Crippen molar-refractivity contribution in [1.29, 1.82) is 0 Å². The van der Waals surface area contributed by atoms with Crippen molar-refractivity contribution >= 4 is 67.2 Å². The first-order valence-electron chi connectivity index (χ1n) is 38.5. The molecule has 10 aromatic rings. The van der Waals surface area contributed by atoms with Gasteiger partial charge in [0.2, 0.25) is 23.6 Å². The van der Waals surface area contributed by atoms with E-state index in [4.69, 9.17) is 9.47 Å². The highest BCUT2D eigenvalue weighted by atomic mass is 19.1. The quantitative estimate of drug-likeness (QED) is 0.0624. The second-order valence-electron chi connectivity index (χ2n) is 29.1. The van der Waals surface area contributed by atoms with Crippen LogP contribution in [0, 0.1) is 0 Å². The van der Waals surface area contributed by atoms with E-state index in [-0.39, 0.29) is 66.1 Å². The SMILES string of the molecule is CC(C)N(C)C(=O)[C@H]1CCCc2c1c1ccccc1n2CCF.CCN(Cc1ccccc1)C(=O)[C@H]1CCCc2c1c1c(OC)cccc1n2CCF.CCN(Cc1ccccc1)C(=O)[C@H]1CCCc2c1c1ccccc1n2CCF.COc1cccc2c1c1c(n2CCF)CCC[C@@H]1C(=O)N(C)C(C)C. The van der Waals surface area contributed by atoms with Gasteiger partial charge in [0.15, 0.2) is 0 Å². The Kier molecular flexibility index (Phi) is 26.3. The number of aromatic nitrogens is 4. The fourth-order valence-corrected chi connectivity index (χ4v) is 17.2. The highest BCUT2D eigenvalue weighted by Gasteiger charge is 2.39. The van der Waals surface area contributed by atoms with E-state index in [0.29, 0.717) is 52.4 Å². The number of methoxy groups -OCH3 is 2. The predicted octanol–water partition coefficient (Wildman–Crippen LogP) is 18.0. The van der Waals surface area contributed by atoms with E-state index in [1.54, 1.807) is 14.2 Å². The lowest BCUT2D eigenvalue weighted by Gasteiger charge is -2.30. The van der Waals surface area contributed by atoms with E-state index in [2.05, 4.69) is 50.1 Å². The molecule has 4 aliphatic rings. The third-order valence-corrected chi connectivity index (χ3v) is 22.6. The van der Waals surface area contributed by atoms with Gasteiger partial charge in [-0.1, -0.05) is 109 Å². The highest BCUT2D eigenvalue weighted by molar-refractivity contribution is 6.00. The van der Waals surface area contributed by atoms with Gasteiger partial charge >= 0.3 is 0 Å². The Hall–Kier alpha value is -9.32. The lowest BCUT2D eigenvalue weighted by atomic mass is 9.83. The van der Waals surface area contributed by atoms with Gasteiger partial charge in [0.05, 0.1) is 75.1 Å². The maximum absolute atomic E-state index is 13.7. The first kappa shape index (κ1) is 77.8. The van der Waals surface area contributed by atoms with Crippen molar-refractivity contribution < 1.29 is 46.2 Å². The Labute approximate surface area is 623 Å². The standard InChI is InChI=1S/C25H29FN2O2.C24H27FN2O.C20H27FN2O2.C19H25FN2O/c1-3-27(17-18-9-5-4-6-10-18)25(29)19-11-7-12-20-23(19)24-21(28(20)16-15-26)13-8-14-22(24)30-2;1-2-26(17-18-9-4-3-5-10-18)24(28)20-12-8-14-22-23(20)19-11-6-7-13-21(19)27(22)16-15-25;1-13(2)22(3)20(24)14-7-5-8-15-18(14)19-16(23(15)12-11-21)9-6-10-17(19)25-4;1-13(2)21(3)19(23)15-8-6-10-17-18(15)14-7-4-5-9-16(14)22(17)12-11-20/h4-6,8-10,13-14,19H,3,7,11-12,15-17H2,1-2H3;3-7,9-11,13,20H,2,8,12,14-17H2,1H3;6,9-10,13-14H,5,7-8,11-12H2,1-4H3;4-5,7,9,13,15H,6,8,10-12H2,1-3H3/t19-;20-;14-;15-/m0000/s1. The molecule has 0 saturated carbocycles. The molecule has 0 spiro atoms. The van der Waals surface area contributed by atoms with Gasteiger partial charge in [-0.3, -0.25) is 19.2 Å². The van der Waals surface area contributed by atoms with Crippen molar-refractivity contribution in [3.05, 3.63) is 202 Å². The van der Waals surface area contributed by atoms with Crippen LogP contribution in [0.25, 0.3) is 43.6 Å². The van der Waals surface area contributed by atoms with Gasteiger partial charge < -0.3 is 47.3 Å². The molecular weight excluding hydrogens is 1340 g/mol. The molecule has 0 radical (unpaired) electrons. The number of aryl methyl sites for hydroxylation is 4. The van der Waals surface area contributed by atoms with E-state index < -0.39 is 20.0 Å². The first-order chi connectivity index (χ1) is 51.5. The van der Waals surface area contributed by atoms with Crippen LogP contribution in [0.4, 0.5) is 17.6 Å². The van der Waals surface area contributed by atoms with Crippen LogP contribution in [0.5, 0.6) is 11.5 Å². The van der Waals surface area contributed by atoms with E-state index in [1.165, 1.54) is 0 Å². The normalized spacial score (nSPS) is 16.5. The van der Waals surface area contributed by atoms with Crippen LogP contribution >= 0.6 is 0 Å². The lowest BCUT2D eigenvalue weighted by molar-refractivity contribution is -0.134. The van der Waals surface area contributed by atoms with Crippen LogP contribution in [0.15, 0.2) is 146 Å². The van der Waals surface area contributed by atoms with Crippen LogP contribution in [0.1, 0.15) is 173 Å². The fraction of sp³-hybridized carbons (Fsp3) is 0.455. The minimum atomic E-state index is -0.429. The molecular formula is C88H108F4N8O6. The van der Waals surface area contributed by atoms with Crippen LogP contribution < -0.4 is 9.47 Å². The van der Waals surface area contributed by atoms with Crippen molar-refractivity contribution in [1.82, 2.24) is 37.9 Å². The number of halogens is 4. The summed E-state index contributed by atoms with van der Waals surface area (Å²) in [6.45, 7) is 14.5. The minimum absolute atomic E-state index is 0.100. The van der Waals surface area contributed by atoms with Gasteiger partial charge in [-0.25, -0.2) is 17.6 Å². The van der Waals surface area contributed by atoms with Crippen molar-refractivity contribution in [2.45, 2.75) is 194 Å². The molecule has 0 N–H and O–H groups in total. The monoisotopic (exact) mass is 1450 g/mol. The Bertz CT molecular complexity index is 4650. The number of para-hydroxylation sites is 2. The van der Waals surface area contributed by atoms with Gasteiger partial charge in [-0.15, -0.1) is 0 Å². The summed E-state index contributed by atoms with van der Waals surface area (Å²) in [7, 11) is 7.04. The van der Waals surface area contributed by atoms with Gasteiger partial charge in [0, 0.05) is 108 Å². The molecule has 4 amide bonds. The van der Waals surface area contributed by atoms with Crippen LogP contribution in [-0.4, -0.2) is 142 Å². The summed E-state index contributed by atoms with van der Waals surface area (Å²) in [4.78, 5) is 60.9. The van der Waals surface area contributed by atoms with Crippen molar-refractivity contribution in [2.24, 2.45) is 0 Å². The molecule has 0 saturated heterocycles. The molecule has 4 aliphatic carbocycles. The molecule has 106 heavy (non-hydrogen) atoms. The molecule has 14 nitrogen and oxygen atoms in total. The van der Waals surface area contributed by atoms with E-state index >= 15 is 0 Å². The Morgan fingerprint density at radius 2 is 0.689 bits per heavy atom. The Balaban J connectivity index is 0.000000142. The molecule has 4 heterocycles. The summed E-state index contributed by atoms with van der Waals surface area (Å²) < 4.78 is 72.4. The molecule has 564 valence electrons. The Morgan fingerprint density at radius 3 is 1.02 bits per heavy atom. The first-order valence-corrected chi connectivity index (χ1v) is 38.5. The molecule has 0 fully saturated rings. The molecule has 18 heteroatoms. The van der Waals surface area contributed by atoms with Crippen molar-refractivity contribution in [2.75, 3.05) is 68.1 Å². The fourth-order valence-electron chi connectivity index (χ4n) is 17.2. The molecule has 0 bridgehead atoms. The average Bonchev–Trinajstić information content (AvgIpc) is 1.62. The van der Waals surface area contributed by atoms with Crippen LogP contribution in [-0.2, 0) is 84.1 Å². The summed E-state index contributed by atoms with van der Waals surface area (Å²) in [5, 5.41) is 4.17. The van der Waals surface area contributed by atoms with Gasteiger partial charge in [-0.05, 0) is 188 Å². The number of benzene rings is 6. The van der Waals surface area contributed by atoms with E-state index in [0.717, 1.165) is 188 Å². The maximum Gasteiger partial charge on any atom is 0.230 e. The predicted molar refractivity (Wildman–Crippen MR) is 418 cm³/mol. The molecule has 4 atom stereocenters. The number of rotatable bonds is 22. The van der Waals surface area contributed by atoms with Gasteiger partial charge in [-0.2, -0.15) is 0 Å². The topological polar surface area (TPSA) is 119 Å². The highest BCUT2D eigenvalue weighted by Crippen LogP contribution is 2.47. The van der Waals surface area contributed by atoms with E-state index in [9.17, 15) is 36.7 Å². The van der Waals surface area contributed by atoms with Gasteiger partial charge in [0.1, 0.15) is 38.2 Å². The summed E-state index contributed by atoms with van der Waals surface area (Å²) >= 11 is 0. The number of carbonyl (C=O) groups excluding carboxylic acids is 4. The van der Waals surface area contributed by atoms with E-state index in [1.807, 2.05) is 189 Å². The molecule has 0 aliphatic heterocycles. The zero-order valence-electron chi connectivity index (χ0n) is 63.8. The lowest BCUT2D eigenvalue weighted by Crippen LogP contribution is -2.37. The average molecular weight is 1450 g/mol. The number of carbonyl (C=O) groups is 4. The zero-order valence-corrected chi connectivity index (χ0v) is 63.8. The molecule has 14 rings (SSSR count). The number of fused-ring (bicyclic) bond motifs is 12. The second-order valence-corrected chi connectivity index (χ2v) is 29.1. The maximum atomic E-state index is 13.7. The summed E-state index contributed by atoms with van der Waals surface area (Å²) in [6.07, 6.45) is 10.8. The van der Waals surface area contributed by atoms with Crippen LogP contribution in [0.2, 0.25) is 0 Å². The minimum Gasteiger partial charge on any atom is -0.496 e. The molecule has 0 unspecified atom stereocenters. The van der Waals surface area contributed by atoms with Gasteiger partial charge in [0.25, 0.3) is 0 Å². The summed E-state index contributed by atoms with van der Waals surface area (Å²) in [5.41, 5.74) is 15.2.